The first-order chi connectivity index (χ1) is 14.5. The quantitative estimate of drug-likeness (QED) is 0.515. The Bertz CT molecular complexity index is 1330. The van der Waals surface area contributed by atoms with Gasteiger partial charge in [-0.1, -0.05) is 17.7 Å². The predicted octanol–water partition coefficient (Wildman–Crippen LogP) is 3.58. The standard InChI is InChI=1S/C19H12ClFN8O/c1-10(30)26-15-5-16(25-9-24-15)27-19-12-8-29(28-17(12)14(21)7-23-19)18-11(6-22)3-2-4-13(18)20/h2-5,7-9H,1H3,(H2,23,24,25,26,27,30). The van der Waals surface area contributed by atoms with Gasteiger partial charge in [0.05, 0.1) is 22.2 Å². The van der Waals surface area contributed by atoms with Crippen molar-refractivity contribution in [2.24, 2.45) is 0 Å². The Kier molecular flexibility index (Phi) is 4.95. The van der Waals surface area contributed by atoms with Crippen molar-refractivity contribution in [2.75, 3.05) is 10.6 Å². The van der Waals surface area contributed by atoms with Crippen molar-refractivity contribution >= 4 is 45.9 Å². The number of rotatable bonds is 4. The molecule has 0 unspecified atom stereocenters. The topological polar surface area (TPSA) is 121 Å². The highest BCUT2D eigenvalue weighted by Crippen LogP contribution is 2.29. The van der Waals surface area contributed by atoms with Crippen LogP contribution in [0.3, 0.4) is 0 Å². The van der Waals surface area contributed by atoms with Crippen molar-refractivity contribution < 1.29 is 9.18 Å². The molecule has 0 bridgehead atoms. The van der Waals surface area contributed by atoms with Gasteiger partial charge in [-0.15, -0.1) is 0 Å². The molecule has 0 atom stereocenters. The molecule has 1 amide bonds. The maximum Gasteiger partial charge on any atom is 0.222 e. The highest BCUT2D eigenvalue weighted by atomic mass is 35.5. The molecular weight excluding hydrogens is 411 g/mol. The number of anilines is 3. The average molecular weight is 423 g/mol. The summed E-state index contributed by atoms with van der Waals surface area (Å²) in [6.07, 6.45) is 3.81. The van der Waals surface area contributed by atoms with Crippen LogP contribution in [-0.2, 0) is 4.79 Å². The molecule has 11 heteroatoms. The van der Waals surface area contributed by atoms with Gasteiger partial charge >= 0.3 is 0 Å². The number of carbonyl (C=O) groups is 1. The number of carbonyl (C=O) groups excluding carboxylic acids is 1. The minimum Gasteiger partial charge on any atom is -0.324 e. The maximum absolute atomic E-state index is 14.4. The summed E-state index contributed by atoms with van der Waals surface area (Å²) in [5, 5.41) is 19.8. The van der Waals surface area contributed by atoms with Crippen LogP contribution in [0, 0.1) is 17.1 Å². The first-order valence-electron chi connectivity index (χ1n) is 8.56. The van der Waals surface area contributed by atoms with Crippen molar-refractivity contribution in [1.82, 2.24) is 24.7 Å². The summed E-state index contributed by atoms with van der Waals surface area (Å²) >= 11 is 6.25. The van der Waals surface area contributed by atoms with Gasteiger partial charge in [0.15, 0.2) is 5.82 Å². The van der Waals surface area contributed by atoms with E-state index >= 15 is 0 Å². The first-order valence-corrected chi connectivity index (χ1v) is 8.93. The molecule has 0 saturated carbocycles. The van der Waals surface area contributed by atoms with E-state index in [1.807, 2.05) is 6.07 Å². The molecule has 0 fully saturated rings. The van der Waals surface area contributed by atoms with Crippen molar-refractivity contribution in [2.45, 2.75) is 6.92 Å². The third-order valence-corrected chi connectivity index (χ3v) is 4.36. The van der Waals surface area contributed by atoms with Gasteiger partial charge < -0.3 is 10.6 Å². The lowest BCUT2D eigenvalue weighted by Crippen LogP contribution is -2.08. The number of benzene rings is 1. The van der Waals surface area contributed by atoms with Crippen LogP contribution in [-0.4, -0.2) is 30.6 Å². The summed E-state index contributed by atoms with van der Waals surface area (Å²) < 4.78 is 15.7. The van der Waals surface area contributed by atoms with Gasteiger partial charge in [0, 0.05) is 19.2 Å². The van der Waals surface area contributed by atoms with E-state index in [1.54, 1.807) is 18.2 Å². The van der Waals surface area contributed by atoms with E-state index in [2.05, 4.69) is 30.7 Å². The molecule has 0 aliphatic rings. The smallest absolute Gasteiger partial charge is 0.222 e. The molecular formula is C19H12ClFN8O. The largest absolute Gasteiger partial charge is 0.324 e. The zero-order chi connectivity index (χ0) is 21.3. The molecule has 0 saturated heterocycles. The summed E-state index contributed by atoms with van der Waals surface area (Å²) in [5.41, 5.74) is 0.652. The molecule has 0 aliphatic carbocycles. The molecule has 4 rings (SSSR count). The van der Waals surface area contributed by atoms with Gasteiger partial charge in [0.25, 0.3) is 0 Å². The Balaban J connectivity index is 1.80. The SMILES string of the molecule is CC(=O)Nc1cc(Nc2ncc(F)c3nn(-c4c(Cl)cccc4C#N)cc23)ncn1. The van der Waals surface area contributed by atoms with Crippen LogP contribution in [0.15, 0.2) is 43.0 Å². The van der Waals surface area contributed by atoms with Crippen LogP contribution in [0.4, 0.5) is 21.8 Å². The molecule has 3 aromatic heterocycles. The Hall–Kier alpha value is -4.10. The van der Waals surface area contributed by atoms with E-state index in [1.165, 1.54) is 30.2 Å². The van der Waals surface area contributed by atoms with Crippen LogP contribution >= 0.6 is 11.6 Å². The van der Waals surface area contributed by atoms with Crippen LogP contribution in [0.25, 0.3) is 16.6 Å². The third kappa shape index (κ3) is 3.61. The fraction of sp³-hybridized carbons (Fsp3) is 0.0526. The summed E-state index contributed by atoms with van der Waals surface area (Å²) in [4.78, 5) is 23.3. The van der Waals surface area contributed by atoms with Gasteiger partial charge in [-0.2, -0.15) is 10.4 Å². The monoisotopic (exact) mass is 422 g/mol. The molecule has 30 heavy (non-hydrogen) atoms. The molecule has 9 nitrogen and oxygen atoms in total. The van der Waals surface area contributed by atoms with Gasteiger partial charge in [-0.25, -0.2) is 24.0 Å². The first kappa shape index (κ1) is 19.2. The number of nitriles is 1. The molecule has 0 radical (unpaired) electrons. The average Bonchev–Trinajstić information content (AvgIpc) is 3.15. The zero-order valence-electron chi connectivity index (χ0n) is 15.4. The second-order valence-electron chi connectivity index (χ2n) is 6.13. The van der Waals surface area contributed by atoms with E-state index in [9.17, 15) is 14.4 Å². The second kappa shape index (κ2) is 7.73. The summed E-state index contributed by atoms with van der Waals surface area (Å²) in [7, 11) is 0. The van der Waals surface area contributed by atoms with Crippen molar-refractivity contribution in [3.05, 3.63) is 59.4 Å². The Labute approximate surface area is 174 Å². The molecule has 0 aliphatic heterocycles. The number of fused-ring (bicyclic) bond motifs is 1. The van der Waals surface area contributed by atoms with Crippen molar-refractivity contribution in [3.63, 3.8) is 0 Å². The molecule has 0 spiro atoms. The predicted molar refractivity (Wildman–Crippen MR) is 108 cm³/mol. The number of pyridine rings is 1. The highest BCUT2D eigenvalue weighted by molar-refractivity contribution is 6.32. The third-order valence-electron chi connectivity index (χ3n) is 4.06. The molecule has 148 valence electrons. The number of nitrogens with zero attached hydrogens (tertiary/aromatic N) is 6. The van der Waals surface area contributed by atoms with E-state index in [-0.39, 0.29) is 22.8 Å². The number of hydrogen-bond donors (Lipinski definition) is 2. The van der Waals surface area contributed by atoms with Crippen molar-refractivity contribution in [1.29, 1.82) is 5.26 Å². The van der Waals surface area contributed by atoms with Crippen LogP contribution in [0.2, 0.25) is 5.02 Å². The van der Waals surface area contributed by atoms with Crippen LogP contribution in [0.5, 0.6) is 0 Å². The van der Waals surface area contributed by atoms with Gasteiger partial charge in [-0.05, 0) is 12.1 Å². The number of hydrogen-bond acceptors (Lipinski definition) is 7. The summed E-state index contributed by atoms with van der Waals surface area (Å²) in [6.45, 7) is 1.36. The van der Waals surface area contributed by atoms with Crippen LogP contribution < -0.4 is 10.6 Å². The van der Waals surface area contributed by atoms with E-state index < -0.39 is 5.82 Å². The lowest BCUT2D eigenvalue weighted by Gasteiger charge is -2.07. The Morgan fingerprint density at radius 1 is 1.27 bits per heavy atom. The number of para-hydroxylation sites is 1. The summed E-state index contributed by atoms with van der Waals surface area (Å²) in [6, 6.07) is 8.40. The van der Waals surface area contributed by atoms with E-state index in [0.29, 0.717) is 27.7 Å². The lowest BCUT2D eigenvalue weighted by atomic mass is 10.2. The van der Waals surface area contributed by atoms with E-state index in [0.717, 1.165) is 6.20 Å². The maximum atomic E-state index is 14.4. The number of amides is 1. The minimum absolute atomic E-state index is 0.0347. The molecule has 2 N–H and O–H groups in total. The number of halogens is 2. The minimum atomic E-state index is -0.638. The van der Waals surface area contributed by atoms with Gasteiger partial charge in [0.2, 0.25) is 5.91 Å². The van der Waals surface area contributed by atoms with Gasteiger partial charge in [-0.3, -0.25) is 4.79 Å². The Morgan fingerprint density at radius 3 is 2.83 bits per heavy atom. The molecule has 1 aromatic carbocycles. The fourth-order valence-electron chi connectivity index (χ4n) is 2.82. The van der Waals surface area contributed by atoms with Crippen LogP contribution in [0.1, 0.15) is 12.5 Å². The Morgan fingerprint density at radius 2 is 2.07 bits per heavy atom. The second-order valence-corrected chi connectivity index (χ2v) is 6.54. The number of nitrogens with one attached hydrogen (secondary N) is 2. The zero-order valence-corrected chi connectivity index (χ0v) is 16.1. The molecule has 4 aromatic rings. The van der Waals surface area contributed by atoms with E-state index in [4.69, 9.17) is 11.6 Å². The number of aromatic nitrogens is 5. The highest BCUT2D eigenvalue weighted by Gasteiger charge is 2.17. The summed E-state index contributed by atoms with van der Waals surface area (Å²) in [5.74, 6) is -0.0189. The fourth-order valence-corrected chi connectivity index (χ4v) is 3.08. The lowest BCUT2D eigenvalue weighted by molar-refractivity contribution is -0.114. The van der Waals surface area contributed by atoms with Crippen molar-refractivity contribution in [3.8, 4) is 11.8 Å². The molecule has 3 heterocycles. The van der Waals surface area contributed by atoms with Gasteiger partial charge in [0.1, 0.15) is 41.1 Å². The normalized spacial score (nSPS) is 10.6.